The molecule has 3 rings (SSSR count). The van der Waals surface area contributed by atoms with Gasteiger partial charge in [0.1, 0.15) is 17.4 Å². The first-order valence-electron chi connectivity index (χ1n) is 6.22. The van der Waals surface area contributed by atoms with Crippen LogP contribution in [-0.2, 0) is 13.2 Å². The van der Waals surface area contributed by atoms with E-state index in [4.69, 9.17) is 22.1 Å². The normalized spacial score (nSPS) is 10.9. The highest BCUT2D eigenvalue weighted by molar-refractivity contribution is 7.18. The highest BCUT2D eigenvalue weighted by Crippen LogP contribution is 2.28. The highest BCUT2D eigenvalue weighted by atomic mass is 35.5. The van der Waals surface area contributed by atoms with Gasteiger partial charge in [-0.1, -0.05) is 29.8 Å². The Kier molecular flexibility index (Phi) is 3.87. The molecule has 0 radical (unpaired) electrons. The summed E-state index contributed by atoms with van der Waals surface area (Å²) in [6.07, 6.45) is 0. The molecule has 0 unspecified atom stereocenters. The predicted octanol–water partition coefficient (Wildman–Crippen LogP) is 3.99. The Morgan fingerprint density at radius 1 is 1.15 bits per heavy atom. The summed E-state index contributed by atoms with van der Waals surface area (Å²) in [7, 11) is 0. The van der Waals surface area contributed by atoms with Gasteiger partial charge in [-0.2, -0.15) is 0 Å². The van der Waals surface area contributed by atoms with Gasteiger partial charge in [-0.15, -0.1) is 11.3 Å². The fourth-order valence-electron chi connectivity index (χ4n) is 1.99. The third-order valence-corrected chi connectivity index (χ3v) is 4.33. The van der Waals surface area contributed by atoms with Crippen molar-refractivity contribution in [2.75, 3.05) is 0 Å². The number of hydrogen-bond donors (Lipinski definition) is 1. The van der Waals surface area contributed by atoms with E-state index in [1.807, 2.05) is 36.4 Å². The van der Waals surface area contributed by atoms with E-state index in [9.17, 15) is 0 Å². The molecule has 102 valence electrons. The zero-order chi connectivity index (χ0) is 13.9. The van der Waals surface area contributed by atoms with E-state index in [0.717, 1.165) is 26.5 Å². The van der Waals surface area contributed by atoms with Crippen molar-refractivity contribution in [2.45, 2.75) is 13.2 Å². The molecule has 5 heteroatoms. The van der Waals surface area contributed by atoms with Gasteiger partial charge in [0, 0.05) is 17.1 Å². The Bertz CT molecular complexity index is 709. The number of halogens is 1. The quantitative estimate of drug-likeness (QED) is 0.793. The molecular weight excluding hydrogens is 292 g/mol. The van der Waals surface area contributed by atoms with Crippen LogP contribution in [0.25, 0.3) is 10.2 Å². The van der Waals surface area contributed by atoms with Gasteiger partial charge in [0.05, 0.1) is 10.2 Å². The van der Waals surface area contributed by atoms with Crippen molar-refractivity contribution < 1.29 is 4.74 Å². The number of nitrogens with two attached hydrogens (primary N) is 1. The molecule has 0 saturated heterocycles. The minimum atomic E-state index is 0.356. The summed E-state index contributed by atoms with van der Waals surface area (Å²) < 4.78 is 6.97. The van der Waals surface area contributed by atoms with E-state index in [0.29, 0.717) is 18.2 Å². The summed E-state index contributed by atoms with van der Waals surface area (Å²) in [5, 5.41) is 1.57. The van der Waals surface area contributed by atoms with E-state index >= 15 is 0 Å². The van der Waals surface area contributed by atoms with E-state index in [1.165, 1.54) is 0 Å². The van der Waals surface area contributed by atoms with Crippen molar-refractivity contribution in [3.05, 3.63) is 58.1 Å². The van der Waals surface area contributed by atoms with Gasteiger partial charge >= 0.3 is 0 Å². The largest absolute Gasteiger partial charge is 0.486 e. The van der Waals surface area contributed by atoms with Gasteiger partial charge in [0.15, 0.2) is 0 Å². The predicted molar refractivity (Wildman–Crippen MR) is 83.3 cm³/mol. The molecule has 3 aromatic rings. The second-order valence-electron chi connectivity index (χ2n) is 4.28. The smallest absolute Gasteiger partial charge is 0.140 e. The molecule has 0 amide bonds. The van der Waals surface area contributed by atoms with Gasteiger partial charge < -0.3 is 10.5 Å². The number of fused-ring (bicyclic) bond motifs is 1. The van der Waals surface area contributed by atoms with Crippen LogP contribution in [0.4, 0.5) is 0 Å². The minimum Gasteiger partial charge on any atom is -0.486 e. The fraction of sp³-hybridized carbons (Fsp3) is 0.133. The highest BCUT2D eigenvalue weighted by Gasteiger charge is 2.08. The van der Waals surface area contributed by atoms with Crippen LogP contribution in [0.3, 0.4) is 0 Å². The number of hydrogen-bond acceptors (Lipinski definition) is 4. The first-order valence-corrected chi connectivity index (χ1v) is 7.42. The second-order valence-corrected chi connectivity index (χ2v) is 5.81. The van der Waals surface area contributed by atoms with Gasteiger partial charge in [-0.3, -0.25) is 0 Å². The number of aromatic nitrogens is 1. The molecule has 1 aromatic heterocycles. The van der Waals surface area contributed by atoms with Crippen LogP contribution in [0.15, 0.2) is 42.5 Å². The summed E-state index contributed by atoms with van der Waals surface area (Å²) in [6.45, 7) is 0.779. The number of benzene rings is 2. The molecule has 0 fully saturated rings. The van der Waals surface area contributed by atoms with Crippen molar-refractivity contribution in [1.82, 2.24) is 4.98 Å². The minimum absolute atomic E-state index is 0.356. The van der Waals surface area contributed by atoms with Gasteiger partial charge in [0.25, 0.3) is 0 Å². The van der Waals surface area contributed by atoms with Crippen molar-refractivity contribution in [2.24, 2.45) is 5.73 Å². The molecular formula is C15H13ClN2OS. The molecule has 0 spiro atoms. The van der Waals surface area contributed by atoms with Crippen LogP contribution in [0.5, 0.6) is 5.75 Å². The fourth-order valence-corrected chi connectivity index (χ4v) is 3.12. The zero-order valence-corrected chi connectivity index (χ0v) is 12.2. The molecule has 3 nitrogen and oxygen atoms in total. The van der Waals surface area contributed by atoms with Gasteiger partial charge in [-0.05, 0) is 24.3 Å². The summed E-state index contributed by atoms with van der Waals surface area (Å²) in [4.78, 5) is 4.53. The van der Waals surface area contributed by atoms with E-state index in [2.05, 4.69) is 11.1 Å². The van der Waals surface area contributed by atoms with Crippen LogP contribution in [0.1, 0.15) is 10.6 Å². The lowest BCUT2D eigenvalue weighted by Gasteiger charge is -2.10. The van der Waals surface area contributed by atoms with Crippen LogP contribution in [0, 0.1) is 0 Å². The number of rotatable bonds is 4. The van der Waals surface area contributed by atoms with Gasteiger partial charge in [-0.25, -0.2) is 4.98 Å². The Morgan fingerprint density at radius 3 is 2.80 bits per heavy atom. The number of nitrogens with zero attached hydrogens (tertiary/aromatic N) is 1. The average molecular weight is 305 g/mol. The van der Waals surface area contributed by atoms with E-state index < -0.39 is 0 Å². The molecule has 0 bridgehead atoms. The Morgan fingerprint density at radius 2 is 2.00 bits per heavy atom. The lowest BCUT2D eigenvalue weighted by atomic mass is 10.2. The van der Waals surface area contributed by atoms with Crippen LogP contribution in [0.2, 0.25) is 5.02 Å². The Balaban J connectivity index is 1.81. The van der Waals surface area contributed by atoms with E-state index in [1.54, 1.807) is 11.3 Å². The lowest BCUT2D eigenvalue weighted by molar-refractivity contribution is 0.302. The number of para-hydroxylation sites is 1. The van der Waals surface area contributed by atoms with Crippen molar-refractivity contribution >= 4 is 33.2 Å². The zero-order valence-electron chi connectivity index (χ0n) is 10.7. The maximum absolute atomic E-state index is 6.10. The summed E-state index contributed by atoms with van der Waals surface area (Å²) >= 11 is 7.74. The monoisotopic (exact) mass is 304 g/mol. The van der Waals surface area contributed by atoms with Crippen LogP contribution >= 0.6 is 22.9 Å². The standard InChI is InChI=1S/C15H13ClN2OS/c16-11-4-3-6-13(10(11)8-17)19-9-15-18-12-5-1-2-7-14(12)20-15/h1-7H,8-9,17H2. The summed E-state index contributed by atoms with van der Waals surface area (Å²) in [6, 6.07) is 13.6. The third-order valence-electron chi connectivity index (χ3n) is 2.97. The maximum Gasteiger partial charge on any atom is 0.140 e. The topological polar surface area (TPSA) is 48.1 Å². The first kappa shape index (κ1) is 13.4. The van der Waals surface area contributed by atoms with Gasteiger partial charge in [0.2, 0.25) is 0 Å². The molecule has 0 atom stereocenters. The molecule has 0 aliphatic heterocycles. The molecule has 0 aliphatic rings. The molecule has 20 heavy (non-hydrogen) atoms. The van der Waals surface area contributed by atoms with Crippen molar-refractivity contribution in [3.8, 4) is 5.75 Å². The number of ether oxygens (including phenoxy) is 1. The molecule has 2 aromatic carbocycles. The average Bonchev–Trinajstić information content (AvgIpc) is 2.88. The second kappa shape index (κ2) is 5.79. The summed E-state index contributed by atoms with van der Waals surface area (Å²) in [5.41, 5.74) is 7.53. The SMILES string of the molecule is NCc1c(Cl)cccc1OCc1nc2ccccc2s1. The lowest BCUT2D eigenvalue weighted by Crippen LogP contribution is -2.03. The van der Waals surface area contributed by atoms with Crippen LogP contribution < -0.4 is 10.5 Å². The van der Waals surface area contributed by atoms with Crippen LogP contribution in [-0.4, -0.2) is 4.98 Å². The Hall–Kier alpha value is -1.62. The molecule has 2 N–H and O–H groups in total. The first-order chi connectivity index (χ1) is 9.78. The Labute approximate surface area is 126 Å². The summed E-state index contributed by atoms with van der Waals surface area (Å²) in [5.74, 6) is 0.722. The van der Waals surface area contributed by atoms with E-state index in [-0.39, 0.29) is 0 Å². The van der Waals surface area contributed by atoms with Crippen molar-refractivity contribution in [1.29, 1.82) is 0 Å². The van der Waals surface area contributed by atoms with Crippen molar-refractivity contribution in [3.63, 3.8) is 0 Å². The maximum atomic E-state index is 6.10. The third kappa shape index (κ3) is 2.63. The molecule has 0 saturated carbocycles. The molecule has 0 aliphatic carbocycles. The molecule has 1 heterocycles. The number of thiazole rings is 1.